The molecule has 1 aliphatic carbocycles. The van der Waals surface area contributed by atoms with Crippen molar-refractivity contribution in [3.63, 3.8) is 0 Å². The van der Waals surface area contributed by atoms with E-state index in [0.717, 1.165) is 48.9 Å². The van der Waals surface area contributed by atoms with E-state index in [1.807, 2.05) is 0 Å². The van der Waals surface area contributed by atoms with E-state index >= 15 is 0 Å². The maximum Gasteiger partial charge on any atom is 0.306 e. The average molecular weight is 570 g/mol. The highest BCUT2D eigenvalue weighted by molar-refractivity contribution is 7.13. The summed E-state index contributed by atoms with van der Waals surface area (Å²) in [5.74, 6) is -3.11. The molecule has 0 spiro atoms. The van der Waals surface area contributed by atoms with Crippen molar-refractivity contribution < 1.29 is 27.9 Å². The number of amides is 1. The van der Waals surface area contributed by atoms with Crippen LogP contribution >= 0.6 is 11.3 Å². The summed E-state index contributed by atoms with van der Waals surface area (Å²) in [5, 5.41) is 13.2. The summed E-state index contributed by atoms with van der Waals surface area (Å²) in [5.41, 5.74) is 0.499. The monoisotopic (exact) mass is 569 g/mol. The van der Waals surface area contributed by atoms with Crippen LogP contribution in [0.4, 0.5) is 14.5 Å². The first-order valence-corrected chi connectivity index (χ1v) is 13.5. The SMILES string of the molecule is COC(=O)CCC(=O)n1cc(-c2nc(C(=O)Nc3cn(C4CCCCC4)nc3-c3nc(F)ccc3F)cs2)cn1. The van der Waals surface area contributed by atoms with Crippen LogP contribution in [-0.4, -0.2) is 54.4 Å². The fourth-order valence-corrected chi connectivity index (χ4v) is 5.24. The van der Waals surface area contributed by atoms with Gasteiger partial charge in [-0.1, -0.05) is 19.3 Å². The van der Waals surface area contributed by atoms with Gasteiger partial charge in [0.2, 0.25) is 11.9 Å². The number of carbonyl (C=O) groups is 3. The van der Waals surface area contributed by atoms with Gasteiger partial charge in [-0.15, -0.1) is 11.3 Å². The molecule has 1 fully saturated rings. The maximum atomic E-state index is 14.6. The molecule has 0 atom stereocenters. The van der Waals surface area contributed by atoms with Gasteiger partial charge in [-0.05, 0) is 25.0 Å². The molecule has 0 bridgehead atoms. The number of nitrogens with zero attached hydrogens (tertiary/aromatic N) is 6. The molecule has 0 radical (unpaired) electrons. The Morgan fingerprint density at radius 1 is 1.07 bits per heavy atom. The second kappa shape index (κ2) is 11.8. The number of hydrogen-bond acceptors (Lipinski definition) is 9. The number of aromatic nitrogens is 6. The second-order valence-corrected chi connectivity index (χ2v) is 10.1. The Bertz CT molecular complexity index is 1560. The van der Waals surface area contributed by atoms with Gasteiger partial charge in [-0.3, -0.25) is 19.1 Å². The lowest BCUT2D eigenvalue weighted by Crippen LogP contribution is -2.14. The van der Waals surface area contributed by atoms with Gasteiger partial charge in [0.1, 0.15) is 22.1 Å². The van der Waals surface area contributed by atoms with E-state index in [4.69, 9.17) is 0 Å². The zero-order chi connectivity index (χ0) is 28.2. The molecule has 5 rings (SSSR count). The topological polar surface area (TPSA) is 134 Å². The fraction of sp³-hybridized carbons (Fsp3) is 0.346. The lowest BCUT2D eigenvalue weighted by Gasteiger charge is -2.21. The number of thiazole rings is 1. The van der Waals surface area contributed by atoms with Crippen molar-refractivity contribution in [3.8, 4) is 22.0 Å². The Labute approximate surface area is 231 Å². The summed E-state index contributed by atoms with van der Waals surface area (Å²) in [4.78, 5) is 44.8. The van der Waals surface area contributed by atoms with Crippen molar-refractivity contribution in [2.75, 3.05) is 12.4 Å². The molecule has 1 N–H and O–H groups in total. The normalized spacial score (nSPS) is 13.8. The van der Waals surface area contributed by atoms with Crippen LogP contribution in [0.1, 0.15) is 66.3 Å². The number of halogens is 2. The molecular formula is C26H25F2N7O4S. The molecule has 14 heteroatoms. The first-order valence-electron chi connectivity index (χ1n) is 12.7. The standard InChI is InChI=1S/C26H25F2N7O4S/c1-39-22(37)10-9-21(36)35-12-15(11-29-35)26-31-19(14-40-26)25(38)30-18-13-34(16-5-3-2-4-6-16)33-24(18)23-17(27)7-8-20(28)32-23/h7-8,11-14,16H,2-6,9-10H2,1H3,(H,30,38). The highest BCUT2D eigenvalue weighted by atomic mass is 32.1. The molecule has 1 saturated carbocycles. The Morgan fingerprint density at radius 3 is 2.65 bits per heavy atom. The zero-order valence-electron chi connectivity index (χ0n) is 21.5. The molecule has 1 aliphatic rings. The second-order valence-electron chi connectivity index (χ2n) is 9.26. The highest BCUT2D eigenvalue weighted by Crippen LogP contribution is 2.34. The zero-order valence-corrected chi connectivity index (χ0v) is 22.3. The van der Waals surface area contributed by atoms with Crippen molar-refractivity contribution in [3.05, 3.63) is 53.6 Å². The minimum atomic E-state index is -0.866. The molecule has 0 aliphatic heterocycles. The number of methoxy groups -OCH3 is 1. The van der Waals surface area contributed by atoms with Crippen molar-refractivity contribution in [2.24, 2.45) is 0 Å². The number of ether oxygens (including phenoxy) is 1. The van der Waals surface area contributed by atoms with Gasteiger partial charge in [0.05, 0.1) is 31.5 Å². The number of carbonyl (C=O) groups excluding carboxylic acids is 3. The molecule has 208 valence electrons. The van der Waals surface area contributed by atoms with Crippen molar-refractivity contribution >= 4 is 34.8 Å². The molecule has 0 aromatic carbocycles. The summed E-state index contributed by atoms with van der Waals surface area (Å²) >= 11 is 1.17. The molecular weight excluding hydrogens is 544 g/mol. The molecule has 0 saturated heterocycles. The summed E-state index contributed by atoms with van der Waals surface area (Å²) in [6, 6.07) is 1.96. The van der Waals surface area contributed by atoms with E-state index in [2.05, 4.69) is 30.2 Å². The Kier molecular flexibility index (Phi) is 8.05. The smallest absolute Gasteiger partial charge is 0.306 e. The number of pyridine rings is 1. The Hall–Kier alpha value is -4.33. The van der Waals surface area contributed by atoms with Crippen LogP contribution in [0, 0.1) is 11.8 Å². The van der Waals surface area contributed by atoms with E-state index in [1.54, 1.807) is 10.9 Å². The third-order valence-corrected chi connectivity index (χ3v) is 7.45. The third-order valence-electron chi connectivity index (χ3n) is 6.56. The summed E-state index contributed by atoms with van der Waals surface area (Å²) < 4.78 is 35.9. The van der Waals surface area contributed by atoms with Crippen molar-refractivity contribution in [2.45, 2.75) is 51.0 Å². The molecule has 4 heterocycles. The van der Waals surface area contributed by atoms with Crippen LogP contribution in [0.3, 0.4) is 0 Å². The predicted molar refractivity (Wildman–Crippen MR) is 141 cm³/mol. The lowest BCUT2D eigenvalue weighted by molar-refractivity contribution is -0.140. The summed E-state index contributed by atoms with van der Waals surface area (Å²) in [6.45, 7) is 0. The van der Waals surface area contributed by atoms with Gasteiger partial charge in [0.15, 0.2) is 5.82 Å². The van der Waals surface area contributed by atoms with Gasteiger partial charge in [0.25, 0.3) is 5.91 Å². The van der Waals surface area contributed by atoms with Gasteiger partial charge >= 0.3 is 5.97 Å². The molecule has 4 aromatic heterocycles. The van der Waals surface area contributed by atoms with Gasteiger partial charge < -0.3 is 10.1 Å². The van der Waals surface area contributed by atoms with Crippen molar-refractivity contribution in [1.82, 2.24) is 29.5 Å². The number of anilines is 1. The Balaban J connectivity index is 1.36. The number of hydrogen-bond donors (Lipinski definition) is 1. The van der Waals surface area contributed by atoms with E-state index in [9.17, 15) is 23.2 Å². The summed E-state index contributed by atoms with van der Waals surface area (Å²) in [6.07, 6.45) is 9.34. The van der Waals surface area contributed by atoms with Gasteiger partial charge in [0, 0.05) is 29.8 Å². The maximum absolute atomic E-state index is 14.6. The van der Waals surface area contributed by atoms with Gasteiger partial charge in [-0.25, -0.2) is 19.0 Å². The van der Waals surface area contributed by atoms with E-state index in [0.29, 0.717) is 10.6 Å². The quantitative estimate of drug-likeness (QED) is 0.234. The van der Waals surface area contributed by atoms with E-state index in [-0.39, 0.29) is 41.7 Å². The van der Waals surface area contributed by atoms with Crippen LogP contribution in [0.25, 0.3) is 22.0 Å². The van der Waals surface area contributed by atoms with Crippen molar-refractivity contribution in [1.29, 1.82) is 0 Å². The third kappa shape index (κ3) is 5.96. The van der Waals surface area contributed by atoms with Crippen LogP contribution in [0.5, 0.6) is 0 Å². The van der Waals surface area contributed by atoms with Crippen LogP contribution in [-0.2, 0) is 9.53 Å². The number of esters is 1. The first kappa shape index (κ1) is 27.2. The van der Waals surface area contributed by atoms with Gasteiger partial charge in [-0.2, -0.15) is 14.6 Å². The predicted octanol–water partition coefficient (Wildman–Crippen LogP) is 4.89. The molecule has 1 amide bonds. The van der Waals surface area contributed by atoms with E-state index in [1.165, 1.54) is 36.2 Å². The number of rotatable bonds is 8. The fourth-order valence-electron chi connectivity index (χ4n) is 4.47. The van der Waals surface area contributed by atoms with Crippen LogP contribution in [0.15, 0.2) is 36.1 Å². The molecule has 11 nitrogen and oxygen atoms in total. The van der Waals surface area contributed by atoms with E-state index < -0.39 is 29.5 Å². The first-order chi connectivity index (χ1) is 19.3. The molecule has 40 heavy (non-hydrogen) atoms. The Morgan fingerprint density at radius 2 is 1.88 bits per heavy atom. The average Bonchev–Trinajstić information content (AvgIpc) is 3.73. The molecule has 4 aromatic rings. The highest BCUT2D eigenvalue weighted by Gasteiger charge is 2.24. The number of nitrogens with one attached hydrogen (secondary N) is 1. The summed E-state index contributed by atoms with van der Waals surface area (Å²) in [7, 11) is 1.25. The lowest BCUT2D eigenvalue weighted by atomic mass is 9.96. The van der Waals surface area contributed by atoms with Crippen LogP contribution < -0.4 is 5.32 Å². The minimum Gasteiger partial charge on any atom is -0.469 e. The molecule has 0 unspecified atom stereocenters. The largest absolute Gasteiger partial charge is 0.469 e. The minimum absolute atomic E-state index is 0.0260. The van der Waals surface area contributed by atoms with Crippen LogP contribution in [0.2, 0.25) is 0 Å².